The molecule has 0 aliphatic heterocycles. The van der Waals surface area contributed by atoms with Gasteiger partial charge in [-0.25, -0.2) is 0 Å². The fourth-order valence-corrected chi connectivity index (χ4v) is 2.45. The summed E-state index contributed by atoms with van der Waals surface area (Å²) in [6, 6.07) is 16.8. The molecule has 128 valence electrons. The number of hydrogen-bond donors (Lipinski definition) is 0. The van der Waals surface area contributed by atoms with Gasteiger partial charge in [0.2, 0.25) is 0 Å². The summed E-state index contributed by atoms with van der Waals surface area (Å²) in [6.07, 6.45) is 4.47. The van der Waals surface area contributed by atoms with Gasteiger partial charge in [0.25, 0.3) is 0 Å². The standard InChI is InChI=1S/C22H28O2/c1-4-5-13-23-14-15-24-22-11-9-20(10-12-22)21-8-6-7-19(17-21)16-18(2)3/h6-12,16-17H,4-5,13-15H2,1-3H3. The van der Waals surface area contributed by atoms with Crippen molar-refractivity contribution in [3.63, 3.8) is 0 Å². The first-order chi connectivity index (χ1) is 11.7. The molecule has 0 aromatic heterocycles. The molecule has 0 saturated carbocycles. The smallest absolute Gasteiger partial charge is 0.119 e. The molecule has 2 heteroatoms. The lowest BCUT2D eigenvalue weighted by Crippen LogP contribution is -2.07. The van der Waals surface area contributed by atoms with Crippen LogP contribution in [0.5, 0.6) is 5.75 Å². The van der Waals surface area contributed by atoms with Gasteiger partial charge < -0.3 is 9.47 Å². The van der Waals surface area contributed by atoms with Gasteiger partial charge in [-0.15, -0.1) is 0 Å². The van der Waals surface area contributed by atoms with E-state index in [1.54, 1.807) is 0 Å². The summed E-state index contributed by atoms with van der Waals surface area (Å²) in [4.78, 5) is 0. The van der Waals surface area contributed by atoms with Gasteiger partial charge in [0.1, 0.15) is 12.4 Å². The maximum absolute atomic E-state index is 5.72. The van der Waals surface area contributed by atoms with E-state index in [1.807, 2.05) is 12.1 Å². The normalized spacial score (nSPS) is 10.5. The zero-order valence-corrected chi connectivity index (χ0v) is 15.0. The van der Waals surface area contributed by atoms with Crippen LogP contribution >= 0.6 is 0 Å². The molecule has 0 aliphatic carbocycles. The maximum Gasteiger partial charge on any atom is 0.119 e. The van der Waals surface area contributed by atoms with Crippen LogP contribution in [0.4, 0.5) is 0 Å². The van der Waals surface area contributed by atoms with E-state index < -0.39 is 0 Å². The molecular formula is C22H28O2. The second-order valence-electron chi connectivity index (χ2n) is 6.19. The molecule has 0 radical (unpaired) electrons. The molecule has 24 heavy (non-hydrogen) atoms. The van der Waals surface area contributed by atoms with Crippen LogP contribution < -0.4 is 4.74 Å². The quantitative estimate of drug-likeness (QED) is 0.529. The molecule has 0 amide bonds. The van der Waals surface area contributed by atoms with Gasteiger partial charge in [-0.2, -0.15) is 0 Å². The lowest BCUT2D eigenvalue weighted by molar-refractivity contribution is 0.0981. The van der Waals surface area contributed by atoms with E-state index in [0.717, 1.165) is 25.2 Å². The summed E-state index contributed by atoms with van der Waals surface area (Å²) in [5, 5.41) is 0. The Bertz CT molecular complexity index is 637. The SMILES string of the molecule is CCCCOCCOc1ccc(-c2cccc(C=C(C)C)c2)cc1. The van der Waals surface area contributed by atoms with Crippen molar-refractivity contribution in [3.8, 4) is 16.9 Å². The lowest BCUT2D eigenvalue weighted by Gasteiger charge is -2.08. The Morgan fingerprint density at radius 3 is 2.42 bits per heavy atom. The third-order valence-electron chi connectivity index (χ3n) is 3.67. The molecule has 2 rings (SSSR count). The van der Waals surface area contributed by atoms with Crippen LogP contribution in [-0.2, 0) is 4.74 Å². The molecule has 0 unspecified atom stereocenters. The molecule has 0 spiro atoms. The Labute approximate surface area is 146 Å². The molecule has 0 atom stereocenters. The van der Waals surface area contributed by atoms with Crippen LogP contribution in [-0.4, -0.2) is 19.8 Å². The lowest BCUT2D eigenvalue weighted by atomic mass is 10.0. The second kappa shape index (κ2) is 9.94. The molecule has 0 bridgehead atoms. The summed E-state index contributed by atoms with van der Waals surface area (Å²) < 4.78 is 11.2. The zero-order valence-electron chi connectivity index (χ0n) is 15.0. The number of hydrogen-bond acceptors (Lipinski definition) is 2. The van der Waals surface area contributed by atoms with Crippen LogP contribution in [0.2, 0.25) is 0 Å². The predicted octanol–water partition coefficient (Wildman–Crippen LogP) is 5.97. The highest BCUT2D eigenvalue weighted by Gasteiger charge is 2.00. The second-order valence-corrected chi connectivity index (χ2v) is 6.19. The third kappa shape index (κ3) is 6.21. The largest absolute Gasteiger partial charge is 0.491 e. The van der Waals surface area contributed by atoms with Crippen molar-refractivity contribution >= 4 is 6.08 Å². The monoisotopic (exact) mass is 324 g/mol. The highest BCUT2D eigenvalue weighted by atomic mass is 16.5. The van der Waals surface area contributed by atoms with Gasteiger partial charge in [-0.05, 0) is 55.2 Å². The van der Waals surface area contributed by atoms with Gasteiger partial charge in [0, 0.05) is 6.61 Å². The fourth-order valence-electron chi connectivity index (χ4n) is 2.45. The minimum Gasteiger partial charge on any atom is -0.491 e. The summed E-state index contributed by atoms with van der Waals surface area (Å²) in [6.45, 7) is 8.46. The first kappa shape index (κ1) is 18.3. The molecule has 0 saturated heterocycles. The van der Waals surface area contributed by atoms with Crippen molar-refractivity contribution in [2.75, 3.05) is 19.8 Å². The average Bonchev–Trinajstić information content (AvgIpc) is 2.58. The van der Waals surface area contributed by atoms with Crippen molar-refractivity contribution in [2.45, 2.75) is 33.6 Å². The van der Waals surface area contributed by atoms with Gasteiger partial charge >= 0.3 is 0 Å². The van der Waals surface area contributed by atoms with Crippen molar-refractivity contribution in [3.05, 3.63) is 59.7 Å². The summed E-state index contributed by atoms with van der Waals surface area (Å²) in [5.74, 6) is 0.887. The summed E-state index contributed by atoms with van der Waals surface area (Å²) in [7, 11) is 0. The van der Waals surface area contributed by atoms with E-state index >= 15 is 0 Å². The Hall–Kier alpha value is -2.06. The van der Waals surface area contributed by atoms with Crippen LogP contribution in [0.1, 0.15) is 39.2 Å². The number of rotatable bonds is 9. The third-order valence-corrected chi connectivity index (χ3v) is 3.67. The van der Waals surface area contributed by atoms with Crippen LogP contribution in [0.15, 0.2) is 54.1 Å². The topological polar surface area (TPSA) is 18.5 Å². The van der Waals surface area contributed by atoms with Gasteiger partial charge in [-0.1, -0.05) is 55.3 Å². The first-order valence-corrected chi connectivity index (χ1v) is 8.75. The van der Waals surface area contributed by atoms with Crippen molar-refractivity contribution < 1.29 is 9.47 Å². The van der Waals surface area contributed by atoms with Gasteiger partial charge in [0.15, 0.2) is 0 Å². The van der Waals surface area contributed by atoms with Crippen molar-refractivity contribution in [2.24, 2.45) is 0 Å². The molecule has 0 fully saturated rings. The van der Waals surface area contributed by atoms with E-state index in [0.29, 0.717) is 13.2 Å². The molecule has 0 heterocycles. The van der Waals surface area contributed by atoms with E-state index in [4.69, 9.17) is 9.47 Å². The first-order valence-electron chi connectivity index (χ1n) is 8.75. The Morgan fingerprint density at radius 1 is 0.917 bits per heavy atom. The molecule has 2 aromatic rings. The molecule has 2 aromatic carbocycles. The molecule has 2 nitrogen and oxygen atoms in total. The number of allylic oxidation sites excluding steroid dienone is 1. The summed E-state index contributed by atoms with van der Waals surface area (Å²) >= 11 is 0. The van der Waals surface area contributed by atoms with Crippen LogP contribution in [0, 0.1) is 0 Å². The van der Waals surface area contributed by atoms with Gasteiger partial charge in [-0.3, -0.25) is 0 Å². The predicted molar refractivity (Wildman–Crippen MR) is 102 cm³/mol. The van der Waals surface area contributed by atoms with Gasteiger partial charge in [0.05, 0.1) is 6.61 Å². The van der Waals surface area contributed by atoms with E-state index in [9.17, 15) is 0 Å². The minimum absolute atomic E-state index is 0.596. The van der Waals surface area contributed by atoms with Crippen molar-refractivity contribution in [1.29, 1.82) is 0 Å². The Morgan fingerprint density at radius 2 is 1.71 bits per heavy atom. The molecular weight excluding hydrogens is 296 g/mol. The van der Waals surface area contributed by atoms with E-state index in [2.05, 4.69) is 63.2 Å². The molecule has 0 aliphatic rings. The van der Waals surface area contributed by atoms with Crippen molar-refractivity contribution in [1.82, 2.24) is 0 Å². The Balaban J connectivity index is 1.91. The number of unbranched alkanes of at least 4 members (excludes halogenated alkanes) is 1. The number of benzene rings is 2. The minimum atomic E-state index is 0.596. The van der Waals surface area contributed by atoms with E-state index in [-0.39, 0.29) is 0 Å². The zero-order chi connectivity index (χ0) is 17.2. The molecule has 0 N–H and O–H groups in total. The maximum atomic E-state index is 5.72. The summed E-state index contributed by atoms with van der Waals surface area (Å²) in [5.41, 5.74) is 4.96. The van der Waals surface area contributed by atoms with Crippen LogP contribution in [0.25, 0.3) is 17.2 Å². The number of ether oxygens (including phenoxy) is 2. The average molecular weight is 324 g/mol. The highest BCUT2D eigenvalue weighted by molar-refractivity contribution is 5.68. The van der Waals surface area contributed by atoms with E-state index in [1.165, 1.54) is 22.3 Å². The van der Waals surface area contributed by atoms with Crippen LogP contribution in [0.3, 0.4) is 0 Å². The Kier molecular flexibility index (Phi) is 7.57. The highest BCUT2D eigenvalue weighted by Crippen LogP contribution is 2.24. The fraction of sp³-hybridized carbons (Fsp3) is 0.364.